The van der Waals surface area contributed by atoms with E-state index in [4.69, 9.17) is 0 Å². The molecular weight excluding hydrogens is 233 g/mol. The summed E-state index contributed by atoms with van der Waals surface area (Å²) in [4.78, 5) is 0. The van der Waals surface area contributed by atoms with Crippen molar-refractivity contribution in [3.8, 4) is 5.75 Å². The van der Waals surface area contributed by atoms with Gasteiger partial charge in [0.25, 0.3) is 0 Å². The van der Waals surface area contributed by atoms with Crippen LogP contribution in [0.1, 0.15) is 45.2 Å². The molecule has 3 N–H and O–H groups in total. The molecule has 0 aliphatic heterocycles. The predicted octanol–water partition coefficient (Wildman–Crippen LogP) is 2.73. The van der Waals surface area contributed by atoms with Crippen molar-refractivity contribution < 1.29 is 14.6 Å². The van der Waals surface area contributed by atoms with Crippen LogP contribution in [0.4, 0.5) is 4.39 Å². The Morgan fingerprint density at radius 1 is 1.33 bits per heavy atom. The van der Waals surface area contributed by atoms with E-state index >= 15 is 0 Å². The largest absolute Gasteiger partial charge is 0.508 e. The van der Waals surface area contributed by atoms with Crippen molar-refractivity contribution in [2.24, 2.45) is 0 Å². The summed E-state index contributed by atoms with van der Waals surface area (Å²) in [6.45, 7) is 6.19. The first-order valence-corrected chi connectivity index (χ1v) is 6.36. The fraction of sp³-hybridized carbons (Fsp3) is 0.571. The molecule has 1 rings (SSSR count). The van der Waals surface area contributed by atoms with Gasteiger partial charge in [-0.2, -0.15) is 0 Å². The molecule has 0 heterocycles. The molecule has 0 spiro atoms. The standard InChI is InChI=1S/C14H22FNO2/c1-4-14(18,5-2)9-16-10(3)12-7-6-11(15)8-13(12)17/h6-8,10,16-18H,4-5,9H2,1-3H3. The highest BCUT2D eigenvalue weighted by molar-refractivity contribution is 5.34. The second-order valence-corrected chi connectivity index (χ2v) is 4.74. The molecule has 1 atom stereocenters. The number of hydrogen-bond donors (Lipinski definition) is 3. The van der Waals surface area contributed by atoms with E-state index < -0.39 is 11.4 Å². The highest BCUT2D eigenvalue weighted by atomic mass is 19.1. The van der Waals surface area contributed by atoms with Gasteiger partial charge in [-0.05, 0) is 25.8 Å². The van der Waals surface area contributed by atoms with Gasteiger partial charge in [0.2, 0.25) is 0 Å². The van der Waals surface area contributed by atoms with Crippen molar-refractivity contribution in [2.75, 3.05) is 6.54 Å². The summed E-state index contributed by atoms with van der Waals surface area (Å²) in [5.74, 6) is -0.520. The smallest absolute Gasteiger partial charge is 0.126 e. The quantitative estimate of drug-likeness (QED) is 0.732. The number of phenols is 1. The van der Waals surface area contributed by atoms with Gasteiger partial charge in [-0.15, -0.1) is 0 Å². The lowest BCUT2D eigenvalue weighted by atomic mass is 9.96. The zero-order valence-electron chi connectivity index (χ0n) is 11.2. The Morgan fingerprint density at radius 2 is 1.94 bits per heavy atom. The SMILES string of the molecule is CCC(O)(CC)CNC(C)c1ccc(F)cc1O. The molecule has 0 aromatic heterocycles. The maximum atomic E-state index is 12.9. The van der Waals surface area contributed by atoms with Crippen LogP contribution in [0.25, 0.3) is 0 Å². The van der Waals surface area contributed by atoms with Gasteiger partial charge >= 0.3 is 0 Å². The van der Waals surface area contributed by atoms with Gasteiger partial charge in [0.1, 0.15) is 11.6 Å². The molecule has 1 aromatic carbocycles. The molecule has 102 valence electrons. The lowest BCUT2D eigenvalue weighted by molar-refractivity contribution is 0.0302. The van der Waals surface area contributed by atoms with E-state index in [1.165, 1.54) is 6.07 Å². The van der Waals surface area contributed by atoms with Gasteiger partial charge in [0, 0.05) is 24.2 Å². The monoisotopic (exact) mass is 255 g/mol. The molecule has 0 aliphatic carbocycles. The zero-order chi connectivity index (χ0) is 13.8. The average Bonchev–Trinajstić information content (AvgIpc) is 2.35. The van der Waals surface area contributed by atoms with E-state index in [1.807, 2.05) is 20.8 Å². The van der Waals surface area contributed by atoms with Crippen LogP contribution < -0.4 is 5.32 Å². The van der Waals surface area contributed by atoms with Crippen molar-refractivity contribution in [3.63, 3.8) is 0 Å². The molecule has 1 unspecified atom stereocenters. The molecule has 0 saturated heterocycles. The maximum Gasteiger partial charge on any atom is 0.126 e. The van der Waals surface area contributed by atoms with Crippen molar-refractivity contribution >= 4 is 0 Å². The zero-order valence-corrected chi connectivity index (χ0v) is 11.2. The molecular formula is C14H22FNO2. The fourth-order valence-corrected chi connectivity index (χ4v) is 1.84. The Labute approximate surface area is 108 Å². The van der Waals surface area contributed by atoms with Crippen molar-refractivity contribution in [2.45, 2.75) is 45.3 Å². The van der Waals surface area contributed by atoms with Crippen molar-refractivity contribution in [1.29, 1.82) is 0 Å². The third kappa shape index (κ3) is 3.68. The van der Waals surface area contributed by atoms with Crippen LogP contribution in [0.2, 0.25) is 0 Å². The number of halogens is 1. The van der Waals surface area contributed by atoms with Gasteiger partial charge in [-0.1, -0.05) is 19.9 Å². The van der Waals surface area contributed by atoms with Crippen LogP contribution in [0, 0.1) is 5.82 Å². The van der Waals surface area contributed by atoms with Crippen LogP contribution in [0.3, 0.4) is 0 Å². The van der Waals surface area contributed by atoms with E-state index in [0.29, 0.717) is 24.9 Å². The first kappa shape index (κ1) is 14.9. The first-order chi connectivity index (χ1) is 8.41. The number of rotatable bonds is 6. The lowest BCUT2D eigenvalue weighted by Crippen LogP contribution is -2.40. The minimum atomic E-state index is -0.732. The Morgan fingerprint density at radius 3 is 2.44 bits per heavy atom. The molecule has 0 bridgehead atoms. The number of aliphatic hydroxyl groups is 1. The number of nitrogens with one attached hydrogen (secondary N) is 1. The van der Waals surface area contributed by atoms with E-state index in [9.17, 15) is 14.6 Å². The van der Waals surface area contributed by atoms with Crippen LogP contribution in [-0.2, 0) is 0 Å². The number of phenolic OH excluding ortho intramolecular Hbond substituents is 1. The van der Waals surface area contributed by atoms with Gasteiger partial charge in [-0.3, -0.25) is 0 Å². The summed E-state index contributed by atoms with van der Waals surface area (Å²) in [7, 11) is 0. The molecule has 4 heteroatoms. The summed E-state index contributed by atoms with van der Waals surface area (Å²) >= 11 is 0. The summed E-state index contributed by atoms with van der Waals surface area (Å²) in [6, 6.07) is 3.83. The highest BCUT2D eigenvalue weighted by Crippen LogP contribution is 2.25. The van der Waals surface area contributed by atoms with Crippen LogP contribution in [-0.4, -0.2) is 22.4 Å². The van der Waals surface area contributed by atoms with Gasteiger partial charge in [0.15, 0.2) is 0 Å². The van der Waals surface area contributed by atoms with Crippen molar-refractivity contribution in [1.82, 2.24) is 5.32 Å². The lowest BCUT2D eigenvalue weighted by Gasteiger charge is -2.28. The Balaban J connectivity index is 2.68. The molecule has 1 aromatic rings. The molecule has 0 radical (unpaired) electrons. The van der Waals surface area contributed by atoms with Gasteiger partial charge in [-0.25, -0.2) is 4.39 Å². The first-order valence-electron chi connectivity index (χ1n) is 6.36. The Kier molecular flexibility index (Phi) is 5.11. The van der Waals surface area contributed by atoms with Gasteiger partial charge in [0.05, 0.1) is 5.60 Å². The second kappa shape index (κ2) is 6.16. The fourth-order valence-electron chi connectivity index (χ4n) is 1.84. The van der Waals surface area contributed by atoms with Gasteiger partial charge < -0.3 is 15.5 Å². The Hall–Kier alpha value is -1.13. The summed E-state index contributed by atoms with van der Waals surface area (Å²) < 4.78 is 12.9. The summed E-state index contributed by atoms with van der Waals surface area (Å²) in [5, 5.41) is 23.0. The molecule has 18 heavy (non-hydrogen) atoms. The van der Waals surface area contributed by atoms with E-state index in [-0.39, 0.29) is 11.8 Å². The maximum absolute atomic E-state index is 12.9. The van der Waals surface area contributed by atoms with Crippen molar-refractivity contribution in [3.05, 3.63) is 29.6 Å². The van der Waals surface area contributed by atoms with E-state index in [1.54, 1.807) is 6.07 Å². The Bertz CT molecular complexity index is 391. The number of aromatic hydroxyl groups is 1. The van der Waals surface area contributed by atoms with E-state index in [2.05, 4.69) is 5.32 Å². The van der Waals surface area contributed by atoms with Crippen LogP contribution >= 0.6 is 0 Å². The third-order valence-corrected chi connectivity index (χ3v) is 3.51. The molecule has 0 aliphatic rings. The normalized spacial score (nSPS) is 13.6. The summed E-state index contributed by atoms with van der Waals surface area (Å²) in [5.41, 5.74) is -0.102. The minimum absolute atomic E-state index is 0.0634. The molecule has 0 amide bonds. The average molecular weight is 255 g/mol. The summed E-state index contributed by atoms with van der Waals surface area (Å²) in [6.07, 6.45) is 1.33. The van der Waals surface area contributed by atoms with Crippen LogP contribution in [0.5, 0.6) is 5.75 Å². The number of hydrogen-bond acceptors (Lipinski definition) is 3. The second-order valence-electron chi connectivity index (χ2n) is 4.74. The number of benzene rings is 1. The predicted molar refractivity (Wildman–Crippen MR) is 70.0 cm³/mol. The minimum Gasteiger partial charge on any atom is -0.508 e. The molecule has 0 fully saturated rings. The van der Waals surface area contributed by atoms with E-state index in [0.717, 1.165) is 6.07 Å². The topological polar surface area (TPSA) is 52.5 Å². The molecule has 3 nitrogen and oxygen atoms in total. The van der Waals surface area contributed by atoms with Crippen LogP contribution in [0.15, 0.2) is 18.2 Å². The highest BCUT2D eigenvalue weighted by Gasteiger charge is 2.23. The molecule has 0 saturated carbocycles. The third-order valence-electron chi connectivity index (χ3n) is 3.51.